The lowest BCUT2D eigenvalue weighted by Crippen LogP contribution is -2.05. The second-order valence-corrected chi connectivity index (χ2v) is 3.56. The van der Waals surface area contributed by atoms with Crippen molar-refractivity contribution < 1.29 is 22.7 Å². The second-order valence-electron chi connectivity index (χ2n) is 2.70. The fourth-order valence-corrected chi connectivity index (χ4v) is 1.49. The minimum absolute atomic E-state index is 0.0204. The molecule has 0 radical (unpaired) electrons. The molecule has 1 aromatic carbocycles. The third-order valence-electron chi connectivity index (χ3n) is 1.61. The van der Waals surface area contributed by atoms with Crippen molar-refractivity contribution in [2.75, 3.05) is 0 Å². The van der Waals surface area contributed by atoms with E-state index in [1.165, 1.54) is 13.0 Å². The molecule has 0 aliphatic rings. The van der Waals surface area contributed by atoms with Gasteiger partial charge in [-0.3, -0.25) is 4.79 Å². The Hall–Kier alpha value is -1.04. The summed E-state index contributed by atoms with van der Waals surface area (Å²) in [5.74, 6) is -1.97. The minimum atomic E-state index is -3.11. The normalized spacial score (nSPS) is 10.5. The third-order valence-corrected chi connectivity index (χ3v) is 2.20. The lowest BCUT2D eigenvalue weighted by atomic mass is 10.1. The molecule has 0 spiro atoms. The van der Waals surface area contributed by atoms with Gasteiger partial charge in [0.25, 0.3) is 0 Å². The van der Waals surface area contributed by atoms with Crippen LogP contribution in [0.5, 0.6) is 5.75 Å². The first kappa shape index (κ1) is 12.0. The van der Waals surface area contributed by atoms with Crippen molar-refractivity contribution in [3.63, 3.8) is 0 Å². The zero-order chi connectivity index (χ0) is 11.6. The van der Waals surface area contributed by atoms with Crippen LogP contribution in [0.2, 0.25) is 0 Å². The van der Waals surface area contributed by atoms with Crippen molar-refractivity contribution >= 4 is 21.7 Å². The van der Waals surface area contributed by atoms with Crippen LogP contribution < -0.4 is 4.74 Å². The number of ketones is 1. The average Bonchev–Trinajstić information content (AvgIpc) is 2.10. The molecule has 0 aliphatic heterocycles. The zero-order valence-corrected chi connectivity index (χ0v) is 9.15. The Labute approximate surface area is 92.2 Å². The van der Waals surface area contributed by atoms with Crippen LogP contribution in [0.25, 0.3) is 0 Å². The highest BCUT2D eigenvalue weighted by atomic mass is 79.9. The number of benzene rings is 1. The van der Waals surface area contributed by atoms with E-state index in [1.54, 1.807) is 0 Å². The highest BCUT2D eigenvalue weighted by Gasteiger charge is 2.16. The number of rotatable bonds is 3. The number of alkyl halides is 2. The molecule has 0 N–H and O–H groups in total. The van der Waals surface area contributed by atoms with Crippen LogP contribution >= 0.6 is 15.9 Å². The summed E-state index contributed by atoms with van der Waals surface area (Å²) in [7, 11) is 0. The summed E-state index contributed by atoms with van der Waals surface area (Å²) in [6, 6.07) is 2.08. The lowest BCUT2D eigenvalue weighted by Gasteiger charge is -2.08. The van der Waals surface area contributed by atoms with E-state index in [0.717, 1.165) is 6.07 Å². The topological polar surface area (TPSA) is 26.3 Å². The molecule has 0 bridgehead atoms. The number of hydrogen-bond donors (Lipinski definition) is 0. The second kappa shape index (κ2) is 4.65. The van der Waals surface area contributed by atoms with Crippen molar-refractivity contribution in [3.05, 3.63) is 28.0 Å². The molecule has 15 heavy (non-hydrogen) atoms. The van der Waals surface area contributed by atoms with E-state index in [4.69, 9.17) is 0 Å². The lowest BCUT2D eigenvalue weighted by molar-refractivity contribution is -0.0527. The van der Waals surface area contributed by atoms with Gasteiger partial charge in [0.2, 0.25) is 0 Å². The van der Waals surface area contributed by atoms with E-state index in [2.05, 4.69) is 20.7 Å². The maximum Gasteiger partial charge on any atom is 0.387 e. The van der Waals surface area contributed by atoms with E-state index in [9.17, 15) is 18.0 Å². The van der Waals surface area contributed by atoms with Crippen LogP contribution in [-0.2, 0) is 0 Å². The van der Waals surface area contributed by atoms with Crippen molar-refractivity contribution in [3.8, 4) is 5.75 Å². The van der Waals surface area contributed by atoms with Gasteiger partial charge in [0.15, 0.2) is 17.3 Å². The number of hydrogen-bond acceptors (Lipinski definition) is 2. The summed E-state index contributed by atoms with van der Waals surface area (Å²) in [5.41, 5.74) is 0.0843. The molecule has 0 heterocycles. The van der Waals surface area contributed by atoms with Crippen LogP contribution in [0.1, 0.15) is 17.3 Å². The number of Topliss-reactive ketones (excluding diaryl/α,β-unsaturated/α-hetero) is 1. The molecule has 1 rings (SSSR count). The number of ether oxygens (including phenoxy) is 1. The van der Waals surface area contributed by atoms with Gasteiger partial charge < -0.3 is 4.74 Å². The molecule has 2 nitrogen and oxygen atoms in total. The number of carbonyl (C=O) groups excluding carboxylic acids is 1. The van der Waals surface area contributed by atoms with Gasteiger partial charge in [-0.2, -0.15) is 8.78 Å². The van der Waals surface area contributed by atoms with E-state index < -0.39 is 18.2 Å². The predicted molar refractivity (Wildman–Crippen MR) is 50.7 cm³/mol. The van der Waals surface area contributed by atoms with E-state index >= 15 is 0 Å². The summed E-state index contributed by atoms with van der Waals surface area (Å²) >= 11 is 2.84. The van der Waals surface area contributed by atoms with Gasteiger partial charge in [-0.05, 0) is 35.0 Å². The Morgan fingerprint density at radius 1 is 1.47 bits per heavy atom. The summed E-state index contributed by atoms with van der Waals surface area (Å²) < 4.78 is 40.8. The maximum absolute atomic E-state index is 13.2. The van der Waals surface area contributed by atoms with Gasteiger partial charge in [0.05, 0.1) is 4.47 Å². The Balaban J connectivity index is 3.15. The molecule has 0 amide bonds. The summed E-state index contributed by atoms with van der Waals surface area (Å²) in [6.07, 6.45) is 0. The molecular formula is C9H6BrF3O2. The van der Waals surface area contributed by atoms with Gasteiger partial charge in [-0.15, -0.1) is 0 Å². The minimum Gasteiger partial charge on any atom is -0.430 e. The van der Waals surface area contributed by atoms with Crippen LogP contribution in [0.15, 0.2) is 16.6 Å². The molecular weight excluding hydrogens is 277 g/mol. The molecule has 6 heteroatoms. The third kappa shape index (κ3) is 2.95. The highest BCUT2D eigenvalue weighted by molar-refractivity contribution is 9.10. The summed E-state index contributed by atoms with van der Waals surface area (Å²) in [6.45, 7) is -1.87. The van der Waals surface area contributed by atoms with Crippen molar-refractivity contribution in [1.29, 1.82) is 0 Å². The van der Waals surface area contributed by atoms with E-state index in [-0.39, 0.29) is 15.8 Å². The molecule has 0 fully saturated rings. The maximum atomic E-state index is 13.2. The highest BCUT2D eigenvalue weighted by Crippen LogP contribution is 2.31. The molecule has 0 unspecified atom stereocenters. The fourth-order valence-electron chi connectivity index (χ4n) is 0.965. The van der Waals surface area contributed by atoms with Crippen LogP contribution in [0.4, 0.5) is 13.2 Å². The molecule has 0 aliphatic carbocycles. The first-order chi connectivity index (χ1) is 6.91. The van der Waals surface area contributed by atoms with E-state index in [0.29, 0.717) is 0 Å². The Morgan fingerprint density at radius 3 is 2.47 bits per heavy atom. The van der Waals surface area contributed by atoms with Gasteiger partial charge >= 0.3 is 6.61 Å². The predicted octanol–water partition coefficient (Wildman–Crippen LogP) is 3.39. The van der Waals surface area contributed by atoms with Gasteiger partial charge in [-0.25, -0.2) is 4.39 Å². The smallest absolute Gasteiger partial charge is 0.387 e. The Morgan fingerprint density at radius 2 is 2.07 bits per heavy atom. The van der Waals surface area contributed by atoms with Gasteiger partial charge in [0.1, 0.15) is 0 Å². The Kier molecular flexibility index (Phi) is 3.73. The Bertz CT molecular complexity index is 370. The van der Waals surface area contributed by atoms with Crippen molar-refractivity contribution in [2.45, 2.75) is 13.5 Å². The van der Waals surface area contributed by atoms with Crippen molar-refractivity contribution in [1.82, 2.24) is 0 Å². The van der Waals surface area contributed by atoms with Crippen LogP contribution in [0.3, 0.4) is 0 Å². The summed E-state index contributed by atoms with van der Waals surface area (Å²) in [5, 5.41) is 0. The van der Waals surface area contributed by atoms with Crippen LogP contribution in [0, 0.1) is 5.82 Å². The number of carbonyl (C=O) groups is 1. The van der Waals surface area contributed by atoms with Gasteiger partial charge in [0, 0.05) is 5.56 Å². The first-order valence-electron chi connectivity index (χ1n) is 3.86. The average molecular weight is 283 g/mol. The molecule has 0 saturated heterocycles. The summed E-state index contributed by atoms with van der Waals surface area (Å²) in [4.78, 5) is 10.9. The van der Waals surface area contributed by atoms with Crippen LogP contribution in [-0.4, -0.2) is 12.4 Å². The SMILES string of the molecule is CC(=O)c1cc(F)c(OC(F)F)c(Br)c1. The fraction of sp³-hybridized carbons (Fsp3) is 0.222. The molecule has 82 valence electrons. The first-order valence-corrected chi connectivity index (χ1v) is 4.66. The number of halogens is 4. The molecule has 0 atom stereocenters. The quantitative estimate of drug-likeness (QED) is 0.795. The standard InChI is InChI=1S/C9H6BrF3O2/c1-4(14)5-2-6(10)8(7(11)3-5)15-9(12)13/h2-3,9H,1H3. The monoisotopic (exact) mass is 282 g/mol. The molecule has 0 aromatic heterocycles. The largest absolute Gasteiger partial charge is 0.430 e. The van der Waals surface area contributed by atoms with Gasteiger partial charge in [-0.1, -0.05) is 0 Å². The molecule has 0 saturated carbocycles. The van der Waals surface area contributed by atoms with E-state index in [1.807, 2.05) is 0 Å². The molecule has 1 aromatic rings. The zero-order valence-electron chi connectivity index (χ0n) is 7.56. The van der Waals surface area contributed by atoms with Crippen molar-refractivity contribution in [2.24, 2.45) is 0 Å².